The van der Waals surface area contributed by atoms with E-state index in [1.165, 1.54) is 26.0 Å². The van der Waals surface area contributed by atoms with Crippen molar-refractivity contribution in [3.8, 4) is 0 Å². The van der Waals surface area contributed by atoms with Gasteiger partial charge in [0.25, 0.3) is 0 Å². The van der Waals surface area contributed by atoms with E-state index in [0.717, 1.165) is 13.0 Å². The third kappa shape index (κ3) is 2.66. The van der Waals surface area contributed by atoms with Gasteiger partial charge in [-0.25, -0.2) is 4.98 Å². The lowest BCUT2D eigenvalue weighted by Crippen LogP contribution is -2.21. The molecule has 2 heterocycles. The van der Waals surface area contributed by atoms with E-state index in [1.54, 1.807) is 0 Å². The maximum atomic E-state index is 4.81. The fourth-order valence-corrected chi connectivity index (χ4v) is 4.25. The Labute approximate surface area is 117 Å². The molecule has 0 aliphatic carbocycles. The van der Waals surface area contributed by atoms with Crippen molar-refractivity contribution in [2.24, 2.45) is 0 Å². The van der Waals surface area contributed by atoms with Crippen LogP contribution in [-0.4, -0.2) is 11.5 Å². The van der Waals surface area contributed by atoms with Crippen molar-refractivity contribution in [1.82, 2.24) is 10.3 Å². The molecule has 0 aliphatic heterocycles. The van der Waals surface area contributed by atoms with Crippen LogP contribution in [0.4, 0.5) is 0 Å². The Bertz CT molecular complexity index is 514. The summed E-state index contributed by atoms with van der Waals surface area (Å²) in [5, 5.41) is 6.93. The van der Waals surface area contributed by atoms with E-state index in [1.807, 2.05) is 22.7 Å². The molecule has 0 saturated carbocycles. The van der Waals surface area contributed by atoms with E-state index in [2.05, 4.69) is 44.5 Å². The highest BCUT2D eigenvalue weighted by Crippen LogP contribution is 2.32. The summed E-state index contributed by atoms with van der Waals surface area (Å²) in [7, 11) is 0. The fraction of sp³-hybridized carbons (Fsp3) is 0.500. The van der Waals surface area contributed by atoms with Gasteiger partial charge in [-0.15, -0.1) is 22.7 Å². The van der Waals surface area contributed by atoms with Crippen molar-refractivity contribution in [2.75, 3.05) is 6.54 Å². The molecular formula is C14H20N2S2. The number of thiophene rings is 1. The predicted molar refractivity (Wildman–Crippen MR) is 80.8 cm³/mol. The summed E-state index contributed by atoms with van der Waals surface area (Å²) in [4.78, 5) is 7.56. The number of rotatable bonds is 5. The number of aryl methyl sites for hydroxylation is 3. The van der Waals surface area contributed by atoms with Crippen LogP contribution in [0.25, 0.3) is 0 Å². The Morgan fingerprint density at radius 2 is 2.11 bits per heavy atom. The van der Waals surface area contributed by atoms with Crippen LogP contribution in [0, 0.1) is 13.8 Å². The average Bonchev–Trinajstić information content (AvgIpc) is 2.92. The highest BCUT2D eigenvalue weighted by Gasteiger charge is 2.20. The zero-order valence-electron chi connectivity index (χ0n) is 11.4. The summed E-state index contributed by atoms with van der Waals surface area (Å²) < 4.78 is 0. The first-order valence-corrected chi connectivity index (χ1v) is 8.10. The number of aromatic nitrogens is 1. The third-order valence-electron chi connectivity index (χ3n) is 3.06. The van der Waals surface area contributed by atoms with Gasteiger partial charge >= 0.3 is 0 Å². The normalized spacial score (nSPS) is 12.9. The van der Waals surface area contributed by atoms with Crippen molar-refractivity contribution in [1.29, 1.82) is 0 Å². The molecule has 0 saturated heterocycles. The van der Waals surface area contributed by atoms with E-state index in [-0.39, 0.29) is 6.04 Å². The summed E-state index contributed by atoms with van der Waals surface area (Å²) in [6, 6.07) is 2.45. The van der Waals surface area contributed by atoms with Gasteiger partial charge in [-0.2, -0.15) is 0 Å². The van der Waals surface area contributed by atoms with E-state index in [4.69, 9.17) is 4.98 Å². The van der Waals surface area contributed by atoms with Gasteiger partial charge in [0, 0.05) is 9.75 Å². The summed E-state index contributed by atoms with van der Waals surface area (Å²) in [5.41, 5.74) is 2.60. The molecule has 0 spiro atoms. The lowest BCUT2D eigenvalue weighted by Gasteiger charge is -2.14. The van der Waals surface area contributed by atoms with Crippen LogP contribution in [0.1, 0.15) is 45.9 Å². The molecule has 0 aromatic carbocycles. The average molecular weight is 280 g/mol. The number of hydrogen-bond acceptors (Lipinski definition) is 4. The largest absolute Gasteiger partial charge is 0.304 e. The molecule has 1 unspecified atom stereocenters. The molecule has 2 aromatic rings. The maximum absolute atomic E-state index is 4.81. The molecule has 0 fully saturated rings. The minimum absolute atomic E-state index is 0.263. The van der Waals surface area contributed by atoms with E-state index < -0.39 is 0 Å². The SMILES string of the molecule is CCNC(c1nc(CC)c(C)s1)c1sccc1C. The third-order valence-corrected chi connectivity index (χ3v) is 5.22. The first-order chi connectivity index (χ1) is 8.67. The maximum Gasteiger partial charge on any atom is 0.115 e. The summed E-state index contributed by atoms with van der Waals surface area (Å²) >= 11 is 3.65. The molecule has 2 nitrogen and oxygen atoms in total. The topological polar surface area (TPSA) is 24.9 Å². The second kappa shape index (κ2) is 5.95. The Kier molecular flexibility index (Phi) is 4.54. The summed E-state index contributed by atoms with van der Waals surface area (Å²) in [6.07, 6.45) is 1.02. The van der Waals surface area contributed by atoms with E-state index in [9.17, 15) is 0 Å². The lowest BCUT2D eigenvalue weighted by molar-refractivity contribution is 0.632. The Hall–Kier alpha value is -0.710. The van der Waals surface area contributed by atoms with Gasteiger partial charge in [0.15, 0.2) is 0 Å². The zero-order chi connectivity index (χ0) is 13.1. The number of nitrogens with one attached hydrogen (secondary N) is 1. The van der Waals surface area contributed by atoms with Crippen LogP contribution < -0.4 is 5.32 Å². The number of thiazole rings is 1. The van der Waals surface area contributed by atoms with E-state index >= 15 is 0 Å². The Morgan fingerprint density at radius 3 is 2.61 bits per heavy atom. The molecule has 1 N–H and O–H groups in total. The predicted octanol–water partition coefficient (Wildman–Crippen LogP) is 4.08. The van der Waals surface area contributed by atoms with Crippen LogP contribution in [0.15, 0.2) is 11.4 Å². The molecule has 2 rings (SSSR count). The van der Waals surface area contributed by atoms with Crippen molar-refractivity contribution in [3.05, 3.63) is 37.5 Å². The second-order valence-corrected chi connectivity index (χ2v) is 6.55. The molecule has 2 aromatic heterocycles. The standard InChI is InChI=1S/C14H20N2S2/c1-5-11-10(4)18-14(16-11)12(15-6-2)13-9(3)7-8-17-13/h7-8,12,15H,5-6H2,1-4H3. The van der Waals surface area contributed by atoms with Crippen molar-refractivity contribution < 1.29 is 0 Å². The van der Waals surface area contributed by atoms with Gasteiger partial charge in [0.2, 0.25) is 0 Å². The first-order valence-electron chi connectivity index (χ1n) is 6.40. The molecule has 18 heavy (non-hydrogen) atoms. The minimum Gasteiger partial charge on any atom is -0.304 e. The first kappa shape index (κ1) is 13.7. The van der Waals surface area contributed by atoms with Gasteiger partial charge < -0.3 is 5.32 Å². The monoisotopic (exact) mass is 280 g/mol. The second-order valence-electron chi connectivity index (χ2n) is 4.37. The van der Waals surface area contributed by atoms with Gasteiger partial charge in [-0.1, -0.05) is 13.8 Å². The lowest BCUT2D eigenvalue weighted by atomic mass is 10.1. The van der Waals surface area contributed by atoms with Gasteiger partial charge in [-0.05, 0) is 43.8 Å². The molecule has 0 bridgehead atoms. The summed E-state index contributed by atoms with van der Waals surface area (Å²) in [6.45, 7) is 9.63. The molecule has 98 valence electrons. The molecule has 1 atom stereocenters. The number of nitrogens with zero attached hydrogens (tertiary/aromatic N) is 1. The molecule has 4 heteroatoms. The van der Waals surface area contributed by atoms with Crippen molar-refractivity contribution in [2.45, 2.75) is 40.2 Å². The number of hydrogen-bond donors (Lipinski definition) is 1. The van der Waals surface area contributed by atoms with E-state index in [0.29, 0.717) is 0 Å². The molecule has 0 amide bonds. The van der Waals surface area contributed by atoms with Crippen LogP contribution in [-0.2, 0) is 6.42 Å². The highest BCUT2D eigenvalue weighted by atomic mass is 32.1. The fourth-order valence-electron chi connectivity index (χ4n) is 2.08. The van der Waals surface area contributed by atoms with Crippen molar-refractivity contribution in [3.63, 3.8) is 0 Å². The molecule has 0 radical (unpaired) electrons. The van der Waals surface area contributed by atoms with Crippen LogP contribution in [0.3, 0.4) is 0 Å². The Morgan fingerprint density at radius 1 is 1.33 bits per heavy atom. The quantitative estimate of drug-likeness (QED) is 0.892. The highest BCUT2D eigenvalue weighted by molar-refractivity contribution is 7.12. The molecule has 0 aliphatic rings. The van der Waals surface area contributed by atoms with Crippen LogP contribution in [0.2, 0.25) is 0 Å². The van der Waals surface area contributed by atoms with Crippen LogP contribution in [0.5, 0.6) is 0 Å². The zero-order valence-corrected chi connectivity index (χ0v) is 13.0. The Balaban J connectivity index is 2.38. The smallest absolute Gasteiger partial charge is 0.115 e. The van der Waals surface area contributed by atoms with Gasteiger partial charge in [-0.3, -0.25) is 0 Å². The van der Waals surface area contributed by atoms with Crippen molar-refractivity contribution >= 4 is 22.7 Å². The summed E-state index contributed by atoms with van der Waals surface area (Å²) in [5.74, 6) is 0. The van der Waals surface area contributed by atoms with Gasteiger partial charge in [0.1, 0.15) is 5.01 Å². The minimum atomic E-state index is 0.263. The van der Waals surface area contributed by atoms with Gasteiger partial charge in [0.05, 0.1) is 11.7 Å². The molecular weight excluding hydrogens is 260 g/mol. The van der Waals surface area contributed by atoms with Crippen LogP contribution >= 0.6 is 22.7 Å².